The van der Waals surface area contributed by atoms with E-state index in [2.05, 4.69) is 10.1 Å². The van der Waals surface area contributed by atoms with Crippen molar-refractivity contribution in [2.24, 2.45) is 5.92 Å². The molecule has 4 rings (SSSR count). The maximum atomic E-state index is 13.4. The highest BCUT2D eigenvalue weighted by Gasteiger charge is 2.46. The molecule has 9 heteroatoms. The molecule has 1 heterocycles. The number of alkyl halides is 3. The first kappa shape index (κ1) is 20.2. The molecule has 0 spiro atoms. The minimum absolute atomic E-state index is 0.0792. The normalized spacial score (nSPS) is 23.4. The summed E-state index contributed by atoms with van der Waals surface area (Å²) in [6, 6.07) is 10.5. The Balaban J connectivity index is 1.37. The number of halogens is 4. The summed E-state index contributed by atoms with van der Waals surface area (Å²) >= 11 is 0. The van der Waals surface area contributed by atoms with Gasteiger partial charge in [-0.1, -0.05) is 18.2 Å². The number of hydrogen-bond donors (Lipinski definition) is 1. The molecule has 0 aromatic heterocycles. The van der Waals surface area contributed by atoms with Gasteiger partial charge in [-0.25, -0.2) is 4.39 Å². The first-order chi connectivity index (χ1) is 14.2. The molecule has 2 aromatic carbocycles. The van der Waals surface area contributed by atoms with Crippen molar-refractivity contribution in [2.75, 3.05) is 11.4 Å². The number of ether oxygens (including phenoxy) is 1. The van der Waals surface area contributed by atoms with Crippen LogP contribution in [-0.2, 0) is 9.59 Å². The van der Waals surface area contributed by atoms with Gasteiger partial charge in [0.15, 0.2) is 0 Å². The summed E-state index contributed by atoms with van der Waals surface area (Å²) in [5, 5.41) is 2.72. The molecule has 3 unspecified atom stereocenters. The van der Waals surface area contributed by atoms with E-state index in [1.165, 1.54) is 29.2 Å². The van der Waals surface area contributed by atoms with Crippen molar-refractivity contribution in [2.45, 2.75) is 31.2 Å². The van der Waals surface area contributed by atoms with Gasteiger partial charge in [-0.05, 0) is 48.6 Å². The molecule has 1 saturated heterocycles. The first-order valence-electron chi connectivity index (χ1n) is 9.44. The monoisotopic (exact) mass is 422 g/mol. The molecule has 2 aromatic rings. The van der Waals surface area contributed by atoms with Crippen molar-refractivity contribution in [3.05, 3.63) is 59.9 Å². The van der Waals surface area contributed by atoms with E-state index in [-0.39, 0.29) is 35.8 Å². The number of hydrogen-bond acceptors (Lipinski definition) is 3. The van der Waals surface area contributed by atoms with Gasteiger partial charge in [0.2, 0.25) is 11.8 Å². The number of nitrogens with one attached hydrogen (secondary N) is 1. The minimum atomic E-state index is -4.83. The summed E-state index contributed by atoms with van der Waals surface area (Å²) in [5.74, 6) is -1.86. The largest absolute Gasteiger partial charge is 0.573 e. The summed E-state index contributed by atoms with van der Waals surface area (Å²) in [5.41, 5.74) is 1.01. The topological polar surface area (TPSA) is 58.6 Å². The Morgan fingerprint density at radius 3 is 2.63 bits per heavy atom. The minimum Gasteiger partial charge on any atom is -0.406 e. The predicted octanol–water partition coefficient (Wildman–Crippen LogP) is 3.75. The van der Waals surface area contributed by atoms with Gasteiger partial charge in [-0.2, -0.15) is 0 Å². The lowest BCUT2D eigenvalue weighted by atomic mass is 10.1. The zero-order chi connectivity index (χ0) is 21.5. The highest BCUT2D eigenvalue weighted by molar-refractivity contribution is 6.01. The molecule has 2 aliphatic rings. The van der Waals surface area contributed by atoms with Crippen molar-refractivity contribution < 1.29 is 31.9 Å². The Bertz CT molecular complexity index is 979. The molecule has 1 saturated carbocycles. The summed E-state index contributed by atoms with van der Waals surface area (Å²) < 4.78 is 54.5. The number of rotatable bonds is 5. The number of carbonyl (C=O) groups is 2. The van der Waals surface area contributed by atoms with E-state index in [0.717, 1.165) is 17.7 Å². The van der Waals surface area contributed by atoms with Crippen LogP contribution in [0.15, 0.2) is 48.5 Å². The average molecular weight is 422 g/mol. The second-order valence-corrected chi connectivity index (χ2v) is 7.39. The maximum absolute atomic E-state index is 13.4. The fraction of sp³-hybridized carbons (Fsp3) is 0.333. The standard InChI is InChI=1S/C21H18F4N2O3/c22-13-4-1-3-12(9-13)16-11-17(16)19(28)26-18-7-8-27(20(18)29)14-5-2-6-15(10-14)30-21(23,24)25/h1-6,9-10,16-18H,7-8,11H2,(H,26,28). The fourth-order valence-corrected chi connectivity index (χ4v) is 3.79. The Morgan fingerprint density at radius 2 is 1.90 bits per heavy atom. The summed E-state index contributed by atoms with van der Waals surface area (Å²) in [6.07, 6.45) is -3.91. The highest BCUT2D eigenvalue weighted by atomic mass is 19.4. The number of nitrogens with zero attached hydrogens (tertiary/aromatic N) is 1. The van der Waals surface area contributed by atoms with Gasteiger partial charge in [0.1, 0.15) is 17.6 Å². The Morgan fingerprint density at radius 1 is 1.13 bits per heavy atom. The SMILES string of the molecule is O=C(NC1CCN(c2cccc(OC(F)(F)F)c2)C1=O)C1CC1c1cccc(F)c1. The molecule has 158 valence electrons. The number of anilines is 1. The molecule has 2 fully saturated rings. The van der Waals surface area contributed by atoms with Gasteiger partial charge < -0.3 is 15.0 Å². The van der Waals surface area contributed by atoms with Crippen LogP contribution >= 0.6 is 0 Å². The molecule has 30 heavy (non-hydrogen) atoms. The van der Waals surface area contributed by atoms with E-state index in [0.29, 0.717) is 12.8 Å². The van der Waals surface area contributed by atoms with Gasteiger partial charge in [0.05, 0.1) is 0 Å². The van der Waals surface area contributed by atoms with Crippen molar-refractivity contribution >= 4 is 17.5 Å². The lowest BCUT2D eigenvalue weighted by molar-refractivity contribution is -0.274. The van der Waals surface area contributed by atoms with Crippen molar-refractivity contribution in [3.63, 3.8) is 0 Å². The van der Waals surface area contributed by atoms with E-state index < -0.39 is 24.1 Å². The zero-order valence-electron chi connectivity index (χ0n) is 15.7. The van der Waals surface area contributed by atoms with Crippen LogP contribution in [0.5, 0.6) is 5.75 Å². The third-order valence-corrected chi connectivity index (χ3v) is 5.29. The van der Waals surface area contributed by atoms with Crippen LogP contribution in [0.1, 0.15) is 24.3 Å². The van der Waals surface area contributed by atoms with E-state index >= 15 is 0 Å². The van der Waals surface area contributed by atoms with Crippen LogP contribution in [0.2, 0.25) is 0 Å². The molecule has 0 radical (unpaired) electrons. The second-order valence-electron chi connectivity index (χ2n) is 7.39. The van der Waals surface area contributed by atoms with Gasteiger partial charge in [0.25, 0.3) is 0 Å². The molecule has 5 nitrogen and oxygen atoms in total. The van der Waals surface area contributed by atoms with E-state index in [4.69, 9.17) is 0 Å². The third-order valence-electron chi connectivity index (χ3n) is 5.29. The summed E-state index contributed by atoms with van der Waals surface area (Å²) in [7, 11) is 0. The summed E-state index contributed by atoms with van der Waals surface area (Å²) in [6.45, 7) is 0.261. The molecule has 2 amide bonds. The van der Waals surface area contributed by atoms with Crippen molar-refractivity contribution in [1.29, 1.82) is 0 Å². The Labute approximate surface area is 169 Å². The van der Waals surface area contributed by atoms with Crippen molar-refractivity contribution in [1.82, 2.24) is 5.32 Å². The molecule has 1 aliphatic heterocycles. The highest BCUT2D eigenvalue weighted by Crippen LogP contribution is 2.47. The number of amides is 2. The van der Waals surface area contributed by atoms with Crippen LogP contribution in [0.4, 0.5) is 23.2 Å². The first-order valence-corrected chi connectivity index (χ1v) is 9.44. The fourth-order valence-electron chi connectivity index (χ4n) is 3.79. The van der Waals surface area contributed by atoms with E-state index in [9.17, 15) is 27.2 Å². The molecule has 1 aliphatic carbocycles. The third kappa shape index (κ3) is 4.39. The van der Waals surface area contributed by atoms with Gasteiger partial charge in [-0.15, -0.1) is 13.2 Å². The molecule has 1 N–H and O–H groups in total. The molecule has 3 atom stereocenters. The van der Waals surface area contributed by atoms with Crippen LogP contribution in [-0.4, -0.2) is 30.8 Å². The average Bonchev–Trinajstić information content (AvgIpc) is 3.40. The molecular formula is C21H18F4N2O3. The van der Waals surface area contributed by atoms with Crippen LogP contribution in [0.25, 0.3) is 0 Å². The lowest BCUT2D eigenvalue weighted by Gasteiger charge is -2.18. The maximum Gasteiger partial charge on any atom is 0.573 e. The smallest absolute Gasteiger partial charge is 0.406 e. The van der Waals surface area contributed by atoms with Gasteiger partial charge >= 0.3 is 6.36 Å². The molecule has 0 bridgehead atoms. The summed E-state index contributed by atoms with van der Waals surface area (Å²) in [4.78, 5) is 26.5. The van der Waals surface area contributed by atoms with Crippen molar-refractivity contribution in [3.8, 4) is 5.75 Å². The van der Waals surface area contributed by atoms with Crippen LogP contribution in [0, 0.1) is 11.7 Å². The van der Waals surface area contributed by atoms with E-state index in [1.54, 1.807) is 12.1 Å². The van der Waals surface area contributed by atoms with Gasteiger partial charge in [0, 0.05) is 24.2 Å². The molecular weight excluding hydrogens is 404 g/mol. The zero-order valence-corrected chi connectivity index (χ0v) is 15.7. The van der Waals surface area contributed by atoms with Crippen LogP contribution < -0.4 is 15.0 Å². The number of benzene rings is 2. The van der Waals surface area contributed by atoms with E-state index in [1.807, 2.05) is 0 Å². The Hall–Kier alpha value is -3.10. The van der Waals surface area contributed by atoms with Crippen LogP contribution in [0.3, 0.4) is 0 Å². The number of carbonyl (C=O) groups excluding carboxylic acids is 2. The quantitative estimate of drug-likeness (QED) is 0.747. The Kier molecular flexibility index (Phi) is 5.13. The lowest BCUT2D eigenvalue weighted by Crippen LogP contribution is -2.42. The predicted molar refractivity (Wildman–Crippen MR) is 99.3 cm³/mol. The second kappa shape index (κ2) is 7.62. The van der Waals surface area contributed by atoms with Gasteiger partial charge in [-0.3, -0.25) is 9.59 Å².